The highest BCUT2D eigenvalue weighted by Gasteiger charge is 2.60. The standard InChI is InChI=1S/C16H22BrNO2S/c1-15(2)11-8-9-16(3,10-11)14(15)18-21(19,20)13-6-4-12(17)5-7-13/h4-7,11,14,18H,8-10H2,1-3H3/t11-,14-,16?/m0/s1. The highest BCUT2D eigenvalue weighted by molar-refractivity contribution is 9.10. The lowest BCUT2D eigenvalue weighted by Gasteiger charge is -2.42. The molecule has 1 aromatic rings. The van der Waals surface area contributed by atoms with Gasteiger partial charge in [-0.1, -0.05) is 36.7 Å². The van der Waals surface area contributed by atoms with E-state index >= 15 is 0 Å². The Morgan fingerprint density at radius 2 is 1.81 bits per heavy atom. The fourth-order valence-corrected chi connectivity index (χ4v) is 6.23. The molecule has 2 saturated carbocycles. The van der Waals surface area contributed by atoms with Crippen LogP contribution in [0, 0.1) is 16.7 Å². The van der Waals surface area contributed by atoms with Crippen molar-refractivity contribution < 1.29 is 8.42 Å². The Bertz CT molecular complexity index is 649. The van der Waals surface area contributed by atoms with E-state index in [0.29, 0.717) is 10.8 Å². The van der Waals surface area contributed by atoms with E-state index in [9.17, 15) is 8.42 Å². The molecule has 2 fully saturated rings. The first kappa shape index (κ1) is 15.5. The number of rotatable bonds is 3. The molecule has 3 rings (SSSR count). The Labute approximate surface area is 135 Å². The van der Waals surface area contributed by atoms with Crippen LogP contribution < -0.4 is 4.72 Å². The van der Waals surface area contributed by atoms with Crippen LogP contribution in [0.15, 0.2) is 33.6 Å². The van der Waals surface area contributed by atoms with Crippen LogP contribution in [0.3, 0.4) is 0 Å². The number of hydrogen-bond acceptors (Lipinski definition) is 2. The maximum Gasteiger partial charge on any atom is 0.240 e. The Hall–Kier alpha value is -0.390. The van der Waals surface area contributed by atoms with Crippen LogP contribution >= 0.6 is 15.9 Å². The first-order chi connectivity index (χ1) is 9.65. The number of halogens is 1. The van der Waals surface area contributed by atoms with Gasteiger partial charge in [-0.2, -0.15) is 0 Å². The molecule has 1 aromatic carbocycles. The number of benzene rings is 1. The molecule has 0 saturated heterocycles. The van der Waals surface area contributed by atoms with Crippen LogP contribution in [0.5, 0.6) is 0 Å². The van der Waals surface area contributed by atoms with Gasteiger partial charge in [-0.15, -0.1) is 0 Å². The van der Waals surface area contributed by atoms with E-state index < -0.39 is 10.0 Å². The molecule has 0 spiro atoms. The van der Waals surface area contributed by atoms with Crippen LogP contribution in [0.25, 0.3) is 0 Å². The predicted molar refractivity (Wildman–Crippen MR) is 87.5 cm³/mol. The third kappa shape index (κ3) is 2.47. The molecular weight excluding hydrogens is 350 g/mol. The Kier molecular flexibility index (Phi) is 3.54. The largest absolute Gasteiger partial charge is 0.240 e. The van der Waals surface area contributed by atoms with E-state index in [1.807, 2.05) is 0 Å². The average molecular weight is 372 g/mol. The summed E-state index contributed by atoms with van der Waals surface area (Å²) in [5.41, 5.74) is 0.117. The summed E-state index contributed by atoms with van der Waals surface area (Å²) in [5, 5.41) is 0. The maximum atomic E-state index is 12.7. The van der Waals surface area contributed by atoms with Gasteiger partial charge in [-0.25, -0.2) is 13.1 Å². The molecule has 0 heterocycles. The zero-order chi connectivity index (χ0) is 15.5. The smallest absolute Gasteiger partial charge is 0.207 e. The summed E-state index contributed by atoms with van der Waals surface area (Å²) >= 11 is 3.34. The van der Waals surface area contributed by atoms with Crippen molar-refractivity contribution >= 4 is 26.0 Å². The zero-order valence-electron chi connectivity index (χ0n) is 12.7. The summed E-state index contributed by atoms with van der Waals surface area (Å²) in [6.45, 7) is 6.64. The molecule has 1 unspecified atom stereocenters. The maximum absolute atomic E-state index is 12.7. The normalized spacial score (nSPS) is 34.3. The van der Waals surface area contributed by atoms with E-state index in [2.05, 4.69) is 41.4 Å². The van der Waals surface area contributed by atoms with E-state index in [-0.39, 0.29) is 16.9 Å². The van der Waals surface area contributed by atoms with Gasteiger partial charge in [0.2, 0.25) is 10.0 Å². The minimum absolute atomic E-state index is 0.0115. The van der Waals surface area contributed by atoms with Gasteiger partial charge < -0.3 is 0 Å². The lowest BCUT2D eigenvalue weighted by Crippen LogP contribution is -2.52. The molecule has 0 aliphatic heterocycles. The summed E-state index contributed by atoms with van der Waals surface area (Å²) in [5.74, 6) is 0.625. The monoisotopic (exact) mass is 371 g/mol. The van der Waals surface area contributed by atoms with Gasteiger partial charge in [0.25, 0.3) is 0 Å². The van der Waals surface area contributed by atoms with Gasteiger partial charge in [0.1, 0.15) is 0 Å². The average Bonchev–Trinajstić information content (AvgIpc) is 2.87. The van der Waals surface area contributed by atoms with Gasteiger partial charge in [-0.05, 0) is 60.3 Å². The Balaban J connectivity index is 1.91. The van der Waals surface area contributed by atoms with Crippen LogP contribution in [0.1, 0.15) is 40.0 Å². The Morgan fingerprint density at radius 1 is 1.19 bits per heavy atom. The zero-order valence-corrected chi connectivity index (χ0v) is 15.1. The molecule has 5 heteroatoms. The number of hydrogen-bond donors (Lipinski definition) is 1. The van der Waals surface area contributed by atoms with E-state index in [1.54, 1.807) is 24.3 Å². The molecule has 2 aliphatic carbocycles. The second-order valence-electron chi connectivity index (χ2n) is 7.42. The first-order valence-corrected chi connectivity index (χ1v) is 9.71. The fraction of sp³-hybridized carbons (Fsp3) is 0.625. The molecule has 2 aliphatic rings. The summed E-state index contributed by atoms with van der Waals surface area (Å²) in [4.78, 5) is 0.341. The molecule has 1 N–H and O–H groups in total. The molecule has 3 nitrogen and oxygen atoms in total. The number of nitrogens with one attached hydrogen (secondary N) is 1. The number of fused-ring (bicyclic) bond motifs is 2. The van der Waals surface area contributed by atoms with Crippen LogP contribution in [0.4, 0.5) is 0 Å². The third-order valence-corrected chi connectivity index (χ3v) is 7.63. The summed E-state index contributed by atoms with van der Waals surface area (Å²) in [7, 11) is -3.46. The number of sulfonamides is 1. The quantitative estimate of drug-likeness (QED) is 0.874. The van der Waals surface area contributed by atoms with Crippen molar-refractivity contribution in [2.75, 3.05) is 0 Å². The van der Waals surface area contributed by atoms with Crippen molar-refractivity contribution in [1.82, 2.24) is 4.72 Å². The minimum Gasteiger partial charge on any atom is -0.207 e. The van der Waals surface area contributed by atoms with Gasteiger partial charge in [0.15, 0.2) is 0 Å². The molecule has 3 atom stereocenters. The van der Waals surface area contributed by atoms with E-state index in [0.717, 1.165) is 17.3 Å². The molecule has 21 heavy (non-hydrogen) atoms. The van der Waals surface area contributed by atoms with Gasteiger partial charge in [0.05, 0.1) is 4.90 Å². The third-order valence-electron chi connectivity index (χ3n) is 5.67. The van der Waals surface area contributed by atoms with Gasteiger partial charge in [-0.3, -0.25) is 0 Å². The lowest BCUT2D eigenvalue weighted by molar-refractivity contribution is 0.127. The summed E-state index contributed by atoms with van der Waals surface area (Å²) < 4.78 is 29.3. The topological polar surface area (TPSA) is 46.2 Å². The van der Waals surface area contributed by atoms with Crippen molar-refractivity contribution in [2.24, 2.45) is 16.7 Å². The fourth-order valence-electron chi connectivity index (χ4n) is 4.43. The predicted octanol–water partition coefficient (Wildman–Crippen LogP) is 3.94. The molecule has 0 aromatic heterocycles. The molecule has 2 bridgehead atoms. The SMILES string of the molecule is CC12CC[C@@H](C1)C(C)(C)[C@@H]2NS(=O)(=O)c1ccc(Br)cc1. The lowest BCUT2D eigenvalue weighted by atomic mass is 9.69. The van der Waals surface area contributed by atoms with E-state index in [1.165, 1.54) is 6.42 Å². The van der Waals surface area contributed by atoms with Crippen LogP contribution in [-0.4, -0.2) is 14.5 Å². The van der Waals surface area contributed by atoms with Crippen molar-refractivity contribution in [3.05, 3.63) is 28.7 Å². The second kappa shape index (κ2) is 4.80. The minimum atomic E-state index is -3.46. The van der Waals surface area contributed by atoms with Crippen LogP contribution in [0.2, 0.25) is 0 Å². The van der Waals surface area contributed by atoms with Crippen LogP contribution in [-0.2, 0) is 10.0 Å². The van der Waals surface area contributed by atoms with Crippen molar-refractivity contribution in [1.29, 1.82) is 0 Å². The highest BCUT2D eigenvalue weighted by Crippen LogP contribution is 2.62. The molecule has 0 amide bonds. The van der Waals surface area contributed by atoms with Crippen molar-refractivity contribution in [3.8, 4) is 0 Å². The second-order valence-corrected chi connectivity index (χ2v) is 10.1. The van der Waals surface area contributed by atoms with Crippen molar-refractivity contribution in [3.63, 3.8) is 0 Å². The molecule has 116 valence electrons. The highest BCUT2D eigenvalue weighted by atomic mass is 79.9. The summed E-state index contributed by atoms with van der Waals surface area (Å²) in [6.07, 6.45) is 3.47. The van der Waals surface area contributed by atoms with Gasteiger partial charge >= 0.3 is 0 Å². The first-order valence-electron chi connectivity index (χ1n) is 7.43. The molecular formula is C16H22BrNO2S. The summed E-state index contributed by atoms with van der Waals surface area (Å²) in [6, 6.07) is 6.84. The molecule has 0 radical (unpaired) electrons. The van der Waals surface area contributed by atoms with Gasteiger partial charge in [0, 0.05) is 10.5 Å². The van der Waals surface area contributed by atoms with E-state index in [4.69, 9.17) is 0 Å². The Morgan fingerprint density at radius 3 is 2.33 bits per heavy atom. The van der Waals surface area contributed by atoms with Crippen molar-refractivity contribution in [2.45, 2.75) is 51.0 Å².